The van der Waals surface area contributed by atoms with Gasteiger partial charge in [0.2, 0.25) is 0 Å². The van der Waals surface area contributed by atoms with Crippen LogP contribution in [0.15, 0.2) is 0 Å². The van der Waals surface area contributed by atoms with Crippen molar-refractivity contribution in [3.63, 3.8) is 0 Å². The summed E-state index contributed by atoms with van der Waals surface area (Å²) in [7, 11) is 0. The van der Waals surface area contributed by atoms with Gasteiger partial charge in [-0.2, -0.15) is 0 Å². The lowest BCUT2D eigenvalue weighted by Crippen LogP contribution is -2.44. The Hall–Kier alpha value is -0.0400. The second kappa shape index (κ2) is 5.16. The third-order valence-corrected chi connectivity index (χ3v) is 2.60. The molecular formula is C13H29N. The van der Waals surface area contributed by atoms with Crippen LogP contribution in [0.3, 0.4) is 0 Å². The fourth-order valence-corrected chi connectivity index (χ4v) is 1.98. The zero-order valence-corrected chi connectivity index (χ0v) is 11.2. The number of nitrogens with one attached hydrogen (secondary N) is 1. The molecule has 86 valence electrons. The first-order valence-electron chi connectivity index (χ1n) is 5.91. The van der Waals surface area contributed by atoms with Crippen molar-refractivity contribution in [2.24, 2.45) is 11.3 Å². The zero-order chi connectivity index (χ0) is 11.4. The lowest BCUT2D eigenvalue weighted by molar-refractivity contribution is 0.233. The van der Waals surface area contributed by atoms with Crippen LogP contribution in [-0.2, 0) is 0 Å². The van der Waals surface area contributed by atoms with Crippen molar-refractivity contribution in [2.75, 3.05) is 6.54 Å². The minimum absolute atomic E-state index is 0.266. The highest BCUT2D eigenvalue weighted by Crippen LogP contribution is 2.26. The van der Waals surface area contributed by atoms with Gasteiger partial charge in [0.25, 0.3) is 0 Å². The average molecular weight is 199 g/mol. The number of hydrogen-bond donors (Lipinski definition) is 1. The van der Waals surface area contributed by atoms with E-state index in [-0.39, 0.29) is 5.54 Å². The number of rotatable bonds is 5. The van der Waals surface area contributed by atoms with Gasteiger partial charge in [0.1, 0.15) is 0 Å². The van der Waals surface area contributed by atoms with Crippen LogP contribution in [0.25, 0.3) is 0 Å². The van der Waals surface area contributed by atoms with Gasteiger partial charge in [0.15, 0.2) is 0 Å². The Morgan fingerprint density at radius 1 is 1.07 bits per heavy atom. The second-order valence-electron chi connectivity index (χ2n) is 6.52. The van der Waals surface area contributed by atoms with Crippen molar-refractivity contribution < 1.29 is 0 Å². The molecule has 1 nitrogen and oxygen atoms in total. The van der Waals surface area contributed by atoms with Gasteiger partial charge in [-0.3, -0.25) is 0 Å². The molecule has 0 aromatic rings. The minimum Gasteiger partial charge on any atom is -0.312 e. The Morgan fingerprint density at radius 2 is 1.57 bits per heavy atom. The Balaban J connectivity index is 3.95. The lowest BCUT2D eigenvalue weighted by Gasteiger charge is -2.34. The fraction of sp³-hybridized carbons (Fsp3) is 1.00. The van der Waals surface area contributed by atoms with Crippen LogP contribution in [0.1, 0.15) is 61.3 Å². The van der Waals surface area contributed by atoms with Crippen LogP contribution in [0.2, 0.25) is 0 Å². The zero-order valence-electron chi connectivity index (χ0n) is 11.2. The molecule has 0 spiro atoms. The van der Waals surface area contributed by atoms with E-state index in [0.29, 0.717) is 5.41 Å². The average Bonchev–Trinajstić information content (AvgIpc) is 1.96. The van der Waals surface area contributed by atoms with Gasteiger partial charge < -0.3 is 5.32 Å². The molecular weight excluding hydrogens is 170 g/mol. The molecule has 1 heteroatoms. The highest BCUT2D eigenvalue weighted by molar-refractivity contribution is 4.83. The maximum atomic E-state index is 3.67. The van der Waals surface area contributed by atoms with Gasteiger partial charge >= 0.3 is 0 Å². The van der Waals surface area contributed by atoms with Crippen molar-refractivity contribution in [2.45, 2.75) is 66.8 Å². The Bertz CT molecular complexity index is 153. The highest BCUT2D eigenvalue weighted by Gasteiger charge is 2.24. The topological polar surface area (TPSA) is 12.0 Å². The molecule has 1 unspecified atom stereocenters. The summed E-state index contributed by atoms with van der Waals surface area (Å²) in [6.07, 6.45) is 2.48. The normalized spacial score (nSPS) is 15.6. The molecule has 0 saturated heterocycles. The van der Waals surface area contributed by atoms with E-state index in [1.54, 1.807) is 0 Å². The standard InChI is InChI=1S/C13H29N/c1-8-11(2)9-14-13(6,7)10-12(3,4)5/h11,14H,8-10H2,1-7H3. The second-order valence-corrected chi connectivity index (χ2v) is 6.52. The van der Waals surface area contributed by atoms with Gasteiger partial charge in [-0.25, -0.2) is 0 Å². The summed E-state index contributed by atoms with van der Waals surface area (Å²) in [6.45, 7) is 17.2. The van der Waals surface area contributed by atoms with Gasteiger partial charge in [-0.05, 0) is 38.1 Å². The quantitative estimate of drug-likeness (QED) is 0.709. The molecule has 0 aliphatic carbocycles. The van der Waals surface area contributed by atoms with Crippen LogP contribution in [0.5, 0.6) is 0 Å². The predicted molar refractivity (Wildman–Crippen MR) is 65.6 cm³/mol. The Morgan fingerprint density at radius 3 is 1.93 bits per heavy atom. The number of hydrogen-bond acceptors (Lipinski definition) is 1. The van der Waals surface area contributed by atoms with E-state index < -0.39 is 0 Å². The minimum atomic E-state index is 0.266. The van der Waals surface area contributed by atoms with Crippen LogP contribution < -0.4 is 5.32 Å². The van der Waals surface area contributed by atoms with Gasteiger partial charge in [0, 0.05) is 5.54 Å². The van der Waals surface area contributed by atoms with Crippen LogP contribution in [0.4, 0.5) is 0 Å². The summed E-state index contributed by atoms with van der Waals surface area (Å²) in [5.74, 6) is 0.786. The van der Waals surface area contributed by atoms with E-state index in [1.165, 1.54) is 12.8 Å². The maximum absolute atomic E-state index is 3.67. The van der Waals surface area contributed by atoms with Crippen LogP contribution >= 0.6 is 0 Å². The molecule has 0 fully saturated rings. The van der Waals surface area contributed by atoms with Crippen molar-refractivity contribution in [3.05, 3.63) is 0 Å². The van der Waals surface area contributed by atoms with E-state index in [2.05, 4.69) is 53.8 Å². The Kier molecular flexibility index (Phi) is 5.14. The first kappa shape index (κ1) is 14.0. The van der Waals surface area contributed by atoms with E-state index in [9.17, 15) is 0 Å². The van der Waals surface area contributed by atoms with E-state index in [1.807, 2.05) is 0 Å². The summed E-state index contributed by atoms with van der Waals surface area (Å²) in [6, 6.07) is 0. The van der Waals surface area contributed by atoms with E-state index in [4.69, 9.17) is 0 Å². The SMILES string of the molecule is CCC(C)CNC(C)(C)CC(C)(C)C. The molecule has 0 aliphatic rings. The molecule has 0 amide bonds. The molecule has 0 heterocycles. The molecule has 1 atom stereocenters. The first-order chi connectivity index (χ1) is 6.16. The smallest absolute Gasteiger partial charge is 0.0130 e. The summed E-state index contributed by atoms with van der Waals surface area (Å²) in [5.41, 5.74) is 0.674. The predicted octanol–water partition coefficient (Wildman–Crippen LogP) is 3.84. The summed E-state index contributed by atoms with van der Waals surface area (Å²) in [4.78, 5) is 0. The molecule has 1 N–H and O–H groups in total. The lowest BCUT2D eigenvalue weighted by atomic mass is 9.81. The molecule has 0 aromatic heterocycles. The first-order valence-corrected chi connectivity index (χ1v) is 5.91. The van der Waals surface area contributed by atoms with Crippen LogP contribution in [0, 0.1) is 11.3 Å². The summed E-state index contributed by atoms with van der Waals surface area (Å²) in [5, 5.41) is 3.67. The van der Waals surface area contributed by atoms with E-state index >= 15 is 0 Å². The van der Waals surface area contributed by atoms with E-state index in [0.717, 1.165) is 12.5 Å². The third-order valence-electron chi connectivity index (χ3n) is 2.60. The van der Waals surface area contributed by atoms with Crippen molar-refractivity contribution in [1.29, 1.82) is 0 Å². The summed E-state index contributed by atoms with van der Waals surface area (Å²) >= 11 is 0. The van der Waals surface area contributed by atoms with Gasteiger partial charge in [-0.1, -0.05) is 41.0 Å². The molecule has 0 aromatic carbocycles. The van der Waals surface area contributed by atoms with Crippen molar-refractivity contribution in [3.8, 4) is 0 Å². The molecule has 0 bridgehead atoms. The maximum Gasteiger partial charge on any atom is 0.0130 e. The van der Waals surface area contributed by atoms with Crippen molar-refractivity contribution >= 4 is 0 Å². The molecule has 0 aliphatic heterocycles. The summed E-state index contributed by atoms with van der Waals surface area (Å²) < 4.78 is 0. The third kappa shape index (κ3) is 7.37. The highest BCUT2D eigenvalue weighted by atomic mass is 15.0. The molecule has 0 radical (unpaired) electrons. The van der Waals surface area contributed by atoms with Crippen molar-refractivity contribution in [1.82, 2.24) is 5.32 Å². The monoisotopic (exact) mass is 199 g/mol. The Labute approximate surface area is 90.7 Å². The fourth-order valence-electron chi connectivity index (χ4n) is 1.98. The van der Waals surface area contributed by atoms with Crippen LogP contribution in [-0.4, -0.2) is 12.1 Å². The molecule has 0 rings (SSSR count). The van der Waals surface area contributed by atoms with Gasteiger partial charge in [-0.15, -0.1) is 0 Å². The molecule has 0 saturated carbocycles. The largest absolute Gasteiger partial charge is 0.312 e. The molecule has 14 heavy (non-hydrogen) atoms. The van der Waals surface area contributed by atoms with Gasteiger partial charge in [0.05, 0.1) is 0 Å².